The van der Waals surface area contributed by atoms with Gasteiger partial charge in [-0.25, -0.2) is 0 Å². The highest BCUT2D eigenvalue weighted by Gasteiger charge is 2.34. The van der Waals surface area contributed by atoms with Crippen LogP contribution in [-0.4, -0.2) is 84.4 Å². The third kappa shape index (κ3) is 8.88. The van der Waals surface area contributed by atoms with Crippen molar-refractivity contribution in [2.45, 2.75) is 95.3 Å². The molecule has 3 fully saturated rings. The largest absolute Gasteiger partial charge is 0.344 e. The molecule has 0 aromatic heterocycles. The minimum atomic E-state index is -0.603. The molecule has 0 bridgehead atoms. The second-order valence-electron chi connectivity index (χ2n) is 13.9. The molecule has 2 aromatic rings. The molecule has 8 heteroatoms. The highest BCUT2D eigenvalue weighted by atomic mass is 35.5. The first-order chi connectivity index (χ1) is 22.0. The Labute approximate surface area is 275 Å². The molecular formula is C37H52ClN5O2. The number of halogens is 1. The fraction of sp³-hybridized carbons (Fsp3) is 0.622. The molecule has 2 saturated heterocycles. The minimum Gasteiger partial charge on any atom is -0.344 e. The van der Waals surface area contributed by atoms with Gasteiger partial charge < -0.3 is 20.4 Å². The standard InChI is InChI=1S/C37H52ClN5O2/c38-31-15-13-29(14-16-31)24-35(40-36(44)25-34-33-12-6-5-11-30(33)26-39-34)37(45)43-21-19-42(20-22-43)32(23-28-9-3-1-4-10-28)27-41-17-7-2-8-18-41/h5-6,11-16,28,32,34-35,39H,1-4,7-10,17-27H2,(H,40,44)/t32?,34?,35-/m1/s1. The SMILES string of the molecule is O=C(CC1NCc2ccccc21)N[C@H](Cc1ccc(Cl)cc1)C(=O)N1CCN(C(CC2CCCCC2)CN2CCCCC2)CC1. The van der Waals surface area contributed by atoms with Crippen LogP contribution in [0.5, 0.6) is 0 Å². The van der Waals surface area contributed by atoms with Gasteiger partial charge in [0.05, 0.1) is 0 Å². The first-order valence-electron chi connectivity index (χ1n) is 17.6. The number of piperazine rings is 1. The maximum atomic E-state index is 14.1. The topological polar surface area (TPSA) is 67.9 Å². The van der Waals surface area contributed by atoms with E-state index >= 15 is 0 Å². The summed E-state index contributed by atoms with van der Waals surface area (Å²) in [4.78, 5) is 34.9. The van der Waals surface area contributed by atoms with E-state index in [9.17, 15) is 9.59 Å². The van der Waals surface area contributed by atoms with Crippen LogP contribution in [-0.2, 0) is 22.6 Å². The summed E-state index contributed by atoms with van der Waals surface area (Å²) in [5.74, 6) is 0.773. The molecule has 6 rings (SSSR count). The fourth-order valence-electron chi connectivity index (χ4n) is 8.17. The number of nitrogens with one attached hydrogen (secondary N) is 2. The molecule has 2 amide bonds. The van der Waals surface area contributed by atoms with Crippen LogP contribution in [0.1, 0.15) is 86.9 Å². The van der Waals surface area contributed by atoms with Gasteiger partial charge in [0.1, 0.15) is 6.04 Å². The molecule has 4 aliphatic rings. The molecule has 3 aliphatic heterocycles. The van der Waals surface area contributed by atoms with Crippen LogP contribution in [0.4, 0.5) is 0 Å². The molecule has 2 unspecified atom stereocenters. The smallest absolute Gasteiger partial charge is 0.245 e. The number of nitrogens with zero attached hydrogens (tertiary/aromatic N) is 3. The van der Waals surface area contributed by atoms with E-state index in [1.54, 1.807) is 0 Å². The lowest BCUT2D eigenvalue weighted by atomic mass is 9.84. The Morgan fingerprint density at radius 1 is 0.867 bits per heavy atom. The molecule has 244 valence electrons. The second kappa shape index (κ2) is 15.9. The number of carbonyl (C=O) groups is 2. The van der Waals surface area contributed by atoms with E-state index in [4.69, 9.17) is 11.6 Å². The Hall–Kier alpha value is -2.45. The summed E-state index contributed by atoms with van der Waals surface area (Å²) in [7, 11) is 0. The lowest BCUT2D eigenvalue weighted by Crippen LogP contribution is -2.58. The van der Waals surface area contributed by atoms with E-state index in [2.05, 4.69) is 32.6 Å². The summed E-state index contributed by atoms with van der Waals surface area (Å²) < 4.78 is 0. The van der Waals surface area contributed by atoms with Gasteiger partial charge in [-0.15, -0.1) is 0 Å². The Balaban J connectivity index is 1.09. The maximum absolute atomic E-state index is 14.1. The van der Waals surface area contributed by atoms with Gasteiger partial charge >= 0.3 is 0 Å². The average molecular weight is 634 g/mol. The summed E-state index contributed by atoms with van der Waals surface area (Å²) in [6.45, 7) is 7.63. The van der Waals surface area contributed by atoms with Crippen molar-refractivity contribution in [1.82, 2.24) is 25.3 Å². The number of hydrogen-bond acceptors (Lipinski definition) is 5. The van der Waals surface area contributed by atoms with Crippen LogP contribution in [0.2, 0.25) is 5.02 Å². The summed E-state index contributed by atoms with van der Waals surface area (Å²) >= 11 is 6.16. The van der Waals surface area contributed by atoms with Gasteiger partial charge in [0.15, 0.2) is 0 Å². The molecule has 2 N–H and O–H groups in total. The van der Waals surface area contributed by atoms with Crippen molar-refractivity contribution in [2.75, 3.05) is 45.8 Å². The van der Waals surface area contributed by atoms with Crippen molar-refractivity contribution >= 4 is 23.4 Å². The number of piperidine rings is 1. The molecule has 45 heavy (non-hydrogen) atoms. The highest BCUT2D eigenvalue weighted by Crippen LogP contribution is 2.30. The first kappa shape index (κ1) is 32.5. The first-order valence-corrected chi connectivity index (χ1v) is 18.0. The third-order valence-electron chi connectivity index (χ3n) is 10.7. The van der Waals surface area contributed by atoms with E-state index < -0.39 is 6.04 Å². The van der Waals surface area contributed by atoms with Crippen LogP contribution in [0.3, 0.4) is 0 Å². The molecule has 1 saturated carbocycles. The van der Waals surface area contributed by atoms with Crippen molar-refractivity contribution in [2.24, 2.45) is 5.92 Å². The van der Waals surface area contributed by atoms with Crippen molar-refractivity contribution < 1.29 is 9.59 Å². The molecular weight excluding hydrogens is 582 g/mol. The van der Waals surface area contributed by atoms with Crippen LogP contribution < -0.4 is 10.6 Å². The zero-order valence-corrected chi connectivity index (χ0v) is 27.7. The molecule has 3 atom stereocenters. The quantitative estimate of drug-likeness (QED) is 0.339. The van der Waals surface area contributed by atoms with Crippen molar-refractivity contribution in [3.05, 3.63) is 70.2 Å². The molecule has 2 aromatic carbocycles. The Morgan fingerprint density at radius 3 is 2.33 bits per heavy atom. The van der Waals surface area contributed by atoms with E-state index in [1.165, 1.54) is 82.0 Å². The minimum absolute atomic E-state index is 0.0255. The lowest BCUT2D eigenvalue weighted by molar-refractivity contribution is -0.138. The summed E-state index contributed by atoms with van der Waals surface area (Å²) in [5, 5.41) is 7.29. The van der Waals surface area contributed by atoms with Gasteiger partial charge in [0.25, 0.3) is 0 Å². The summed E-state index contributed by atoms with van der Waals surface area (Å²) in [6.07, 6.45) is 13.0. The van der Waals surface area contributed by atoms with Gasteiger partial charge in [-0.05, 0) is 67.1 Å². The van der Waals surface area contributed by atoms with Crippen LogP contribution >= 0.6 is 11.6 Å². The highest BCUT2D eigenvalue weighted by molar-refractivity contribution is 6.30. The predicted molar refractivity (Wildman–Crippen MR) is 181 cm³/mol. The van der Waals surface area contributed by atoms with Crippen LogP contribution in [0.25, 0.3) is 0 Å². The molecule has 3 heterocycles. The molecule has 0 spiro atoms. The van der Waals surface area contributed by atoms with Crippen LogP contribution in [0, 0.1) is 5.92 Å². The number of rotatable bonds is 11. The molecule has 1 aliphatic carbocycles. The number of likely N-dealkylation sites (tertiary alicyclic amines) is 1. The average Bonchev–Trinajstić information content (AvgIpc) is 3.48. The van der Waals surface area contributed by atoms with Gasteiger partial charge in [0, 0.05) is 69.2 Å². The summed E-state index contributed by atoms with van der Waals surface area (Å²) in [6, 6.07) is 15.8. The van der Waals surface area contributed by atoms with Gasteiger partial charge in [-0.3, -0.25) is 14.5 Å². The van der Waals surface area contributed by atoms with Gasteiger partial charge in [0.2, 0.25) is 11.8 Å². The number of hydrogen-bond donors (Lipinski definition) is 2. The Bertz CT molecular complexity index is 1230. The molecule has 0 radical (unpaired) electrons. The van der Waals surface area contributed by atoms with Crippen LogP contribution in [0.15, 0.2) is 48.5 Å². The third-order valence-corrected chi connectivity index (χ3v) is 11.0. The molecule has 7 nitrogen and oxygen atoms in total. The van der Waals surface area contributed by atoms with E-state index in [1.807, 2.05) is 41.3 Å². The normalized spacial score (nSPS) is 23.0. The number of benzene rings is 2. The van der Waals surface area contributed by atoms with Gasteiger partial charge in [-0.1, -0.05) is 86.5 Å². The van der Waals surface area contributed by atoms with E-state index in [0.29, 0.717) is 37.0 Å². The van der Waals surface area contributed by atoms with E-state index in [-0.39, 0.29) is 17.9 Å². The summed E-state index contributed by atoms with van der Waals surface area (Å²) in [5.41, 5.74) is 3.41. The fourth-order valence-corrected chi connectivity index (χ4v) is 8.30. The maximum Gasteiger partial charge on any atom is 0.245 e. The second-order valence-corrected chi connectivity index (χ2v) is 14.3. The number of carbonyl (C=O) groups excluding carboxylic acids is 2. The zero-order chi connectivity index (χ0) is 31.0. The van der Waals surface area contributed by atoms with Gasteiger partial charge in [-0.2, -0.15) is 0 Å². The van der Waals surface area contributed by atoms with Crippen molar-refractivity contribution in [3.63, 3.8) is 0 Å². The lowest BCUT2D eigenvalue weighted by Gasteiger charge is -2.43. The monoisotopic (exact) mass is 633 g/mol. The van der Waals surface area contributed by atoms with E-state index in [0.717, 1.165) is 37.7 Å². The number of fused-ring (bicyclic) bond motifs is 1. The van der Waals surface area contributed by atoms with Crippen molar-refractivity contribution in [1.29, 1.82) is 0 Å². The van der Waals surface area contributed by atoms with Crippen molar-refractivity contribution in [3.8, 4) is 0 Å². The Kier molecular flexibility index (Phi) is 11.5. The number of amides is 2. The Morgan fingerprint density at radius 2 is 1.58 bits per heavy atom. The zero-order valence-electron chi connectivity index (χ0n) is 26.9. The predicted octanol–water partition coefficient (Wildman–Crippen LogP) is 5.57.